The topological polar surface area (TPSA) is 0 Å². The van der Waals surface area contributed by atoms with E-state index in [4.69, 9.17) is 0 Å². The molecule has 64 valence electrons. The van der Waals surface area contributed by atoms with Crippen LogP contribution in [0.1, 0.15) is 40.5 Å². The zero-order chi connectivity index (χ0) is 8.48. The van der Waals surface area contributed by atoms with Crippen LogP contribution in [0.4, 0.5) is 0 Å². The molecule has 0 heterocycles. The molecule has 0 saturated heterocycles. The second kappa shape index (κ2) is 3.00. The highest BCUT2D eigenvalue weighted by atomic mass is 14.4. The van der Waals surface area contributed by atoms with E-state index in [1.807, 2.05) is 0 Å². The summed E-state index contributed by atoms with van der Waals surface area (Å²) >= 11 is 0. The summed E-state index contributed by atoms with van der Waals surface area (Å²) in [5, 5.41) is 0. The second-order valence-corrected chi connectivity index (χ2v) is 4.31. The van der Waals surface area contributed by atoms with Gasteiger partial charge in [0.2, 0.25) is 0 Å². The molecule has 0 amide bonds. The van der Waals surface area contributed by atoms with Crippen LogP contribution in [0.25, 0.3) is 0 Å². The lowest BCUT2D eigenvalue weighted by molar-refractivity contribution is 0.289. The number of hydrogen-bond donors (Lipinski definition) is 0. The molecule has 1 fully saturated rings. The van der Waals surface area contributed by atoms with Gasteiger partial charge in [-0.25, -0.2) is 0 Å². The third-order valence-corrected chi connectivity index (χ3v) is 3.58. The molecular weight excluding hydrogens is 132 g/mol. The molecule has 0 aromatic heterocycles. The summed E-state index contributed by atoms with van der Waals surface area (Å²) in [6.45, 7) is 9.28. The third kappa shape index (κ3) is 1.50. The zero-order valence-corrected chi connectivity index (χ0v) is 8.22. The van der Waals surface area contributed by atoms with Gasteiger partial charge < -0.3 is 0 Å². The molecule has 1 rings (SSSR count). The Labute approximate surface area is 70.7 Å². The minimum Gasteiger partial charge on any atom is -0.0911 e. The molecule has 0 radical (unpaired) electrons. The van der Waals surface area contributed by atoms with Gasteiger partial charge in [-0.3, -0.25) is 0 Å². The molecule has 3 atom stereocenters. The summed E-state index contributed by atoms with van der Waals surface area (Å²) in [7, 11) is 0. The maximum atomic E-state index is 2.39. The van der Waals surface area contributed by atoms with Crippen molar-refractivity contribution in [1.82, 2.24) is 0 Å². The van der Waals surface area contributed by atoms with E-state index in [2.05, 4.69) is 39.8 Å². The van der Waals surface area contributed by atoms with Gasteiger partial charge in [-0.05, 0) is 37.0 Å². The Kier molecular flexibility index (Phi) is 2.41. The van der Waals surface area contributed by atoms with Crippen LogP contribution in [0, 0.1) is 17.3 Å². The molecule has 11 heavy (non-hydrogen) atoms. The van der Waals surface area contributed by atoms with Crippen molar-refractivity contribution in [3.63, 3.8) is 0 Å². The van der Waals surface area contributed by atoms with Gasteiger partial charge in [-0.2, -0.15) is 0 Å². The van der Waals surface area contributed by atoms with Crippen molar-refractivity contribution >= 4 is 0 Å². The molecule has 1 aliphatic carbocycles. The second-order valence-electron chi connectivity index (χ2n) is 4.31. The van der Waals surface area contributed by atoms with Gasteiger partial charge in [-0.15, -0.1) is 0 Å². The molecule has 0 nitrogen and oxygen atoms in total. The van der Waals surface area contributed by atoms with Crippen LogP contribution < -0.4 is 0 Å². The van der Waals surface area contributed by atoms with Crippen LogP contribution in [-0.2, 0) is 0 Å². The van der Waals surface area contributed by atoms with E-state index in [9.17, 15) is 0 Å². The number of allylic oxidation sites excluding steroid dienone is 2. The van der Waals surface area contributed by atoms with Gasteiger partial charge in [0.25, 0.3) is 0 Å². The molecule has 1 aliphatic rings. The van der Waals surface area contributed by atoms with E-state index in [-0.39, 0.29) is 0 Å². The molecular formula is C11H20. The minimum atomic E-state index is 0.494. The van der Waals surface area contributed by atoms with Crippen molar-refractivity contribution in [2.24, 2.45) is 17.3 Å². The Bertz CT molecular complexity index is 157. The molecule has 0 aromatic carbocycles. The lowest BCUT2D eigenvalue weighted by Crippen LogP contribution is -2.18. The van der Waals surface area contributed by atoms with E-state index in [0.29, 0.717) is 5.41 Å². The summed E-state index contributed by atoms with van der Waals surface area (Å²) in [4.78, 5) is 0. The maximum absolute atomic E-state index is 2.39. The molecule has 0 bridgehead atoms. The van der Waals surface area contributed by atoms with E-state index in [1.165, 1.54) is 12.8 Å². The summed E-state index contributed by atoms with van der Waals surface area (Å²) < 4.78 is 0. The quantitative estimate of drug-likeness (QED) is 0.503. The van der Waals surface area contributed by atoms with Crippen molar-refractivity contribution in [2.45, 2.75) is 40.5 Å². The highest BCUT2D eigenvalue weighted by molar-refractivity contribution is 5.03. The molecule has 0 aromatic rings. The molecule has 1 unspecified atom stereocenters. The van der Waals surface area contributed by atoms with E-state index in [0.717, 1.165) is 11.8 Å². The first-order valence-corrected chi connectivity index (χ1v) is 4.74. The summed E-state index contributed by atoms with van der Waals surface area (Å²) in [5.41, 5.74) is 0.494. The lowest BCUT2D eigenvalue weighted by atomic mass is 9.78. The maximum Gasteiger partial charge on any atom is -0.0118 e. The molecule has 0 N–H and O–H groups in total. The van der Waals surface area contributed by atoms with Crippen molar-refractivity contribution in [3.05, 3.63) is 12.2 Å². The Morgan fingerprint density at radius 3 is 2.36 bits per heavy atom. The van der Waals surface area contributed by atoms with E-state index in [1.54, 1.807) is 0 Å². The van der Waals surface area contributed by atoms with E-state index < -0.39 is 0 Å². The first-order chi connectivity index (χ1) is 5.10. The average molecular weight is 152 g/mol. The molecule has 0 aliphatic heterocycles. The predicted molar refractivity (Wildman–Crippen MR) is 50.5 cm³/mol. The smallest absolute Gasteiger partial charge is 0.0118 e. The highest BCUT2D eigenvalue weighted by Crippen LogP contribution is 2.47. The van der Waals surface area contributed by atoms with Gasteiger partial charge >= 0.3 is 0 Å². The normalized spacial score (nSPS) is 45.5. The monoisotopic (exact) mass is 152 g/mol. The van der Waals surface area contributed by atoms with Crippen molar-refractivity contribution in [2.75, 3.05) is 0 Å². The Morgan fingerprint density at radius 1 is 1.36 bits per heavy atom. The first-order valence-electron chi connectivity index (χ1n) is 4.74. The van der Waals surface area contributed by atoms with E-state index >= 15 is 0 Å². The average Bonchev–Trinajstić information content (AvgIpc) is 2.19. The fraction of sp³-hybridized carbons (Fsp3) is 0.818. The molecule has 0 heteroatoms. The zero-order valence-electron chi connectivity index (χ0n) is 8.22. The van der Waals surface area contributed by atoms with Gasteiger partial charge in [0.05, 0.1) is 0 Å². The minimum absolute atomic E-state index is 0.494. The standard InChI is InChI=1S/C11H20/c1-5-7-11(4)8-6-9(2)10(11)3/h5,7,9-10H,6,8H2,1-4H3/b7-5-/t9-,10?,11+/m0/s1. The Balaban J connectivity index is 2.72. The summed E-state index contributed by atoms with van der Waals surface area (Å²) in [6, 6.07) is 0. The van der Waals surface area contributed by atoms with Crippen molar-refractivity contribution < 1.29 is 0 Å². The van der Waals surface area contributed by atoms with Crippen LogP contribution >= 0.6 is 0 Å². The van der Waals surface area contributed by atoms with Crippen LogP contribution in [0.15, 0.2) is 12.2 Å². The summed E-state index contributed by atoms with van der Waals surface area (Å²) in [5.74, 6) is 1.77. The van der Waals surface area contributed by atoms with Crippen molar-refractivity contribution in [3.8, 4) is 0 Å². The van der Waals surface area contributed by atoms with Crippen LogP contribution in [-0.4, -0.2) is 0 Å². The van der Waals surface area contributed by atoms with Crippen LogP contribution in [0.2, 0.25) is 0 Å². The number of rotatable bonds is 1. The van der Waals surface area contributed by atoms with Gasteiger partial charge in [0.1, 0.15) is 0 Å². The highest BCUT2D eigenvalue weighted by Gasteiger charge is 2.37. The van der Waals surface area contributed by atoms with Gasteiger partial charge in [0.15, 0.2) is 0 Å². The van der Waals surface area contributed by atoms with Crippen molar-refractivity contribution in [1.29, 1.82) is 0 Å². The largest absolute Gasteiger partial charge is 0.0911 e. The van der Waals surface area contributed by atoms with Crippen LogP contribution in [0.3, 0.4) is 0 Å². The lowest BCUT2D eigenvalue weighted by Gasteiger charge is -2.26. The Morgan fingerprint density at radius 2 is 2.00 bits per heavy atom. The Hall–Kier alpha value is -0.260. The number of hydrogen-bond acceptors (Lipinski definition) is 0. The SMILES string of the molecule is C/C=C\[C@]1(C)CC[C@H](C)C1C. The van der Waals surface area contributed by atoms with Gasteiger partial charge in [-0.1, -0.05) is 32.9 Å². The first kappa shape index (κ1) is 8.83. The fourth-order valence-electron chi connectivity index (χ4n) is 2.28. The van der Waals surface area contributed by atoms with Crippen LogP contribution in [0.5, 0.6) is 0 Å². The fourth-order valence-corrected chi connectivity index (χ4v) is 2.28. The predicted octanol–water partition coefficient (Wildman–Crippen LogP) is 3.63. The molecule has 1 saturated carbocycles. The third-order valence-electron chi connectivity index (χ3n) is 3.58. The summed E-state index contributed by atoms with van der Waals surface area (Å²) in [6.07, 6.45) is 7.37. The molecule has 0 spiro atoms. The van der Waals surface area contributed by atoms with Gasteiger partial charge in [0, 0.05) is 0 Å².